The summed E-state index contributed by atoms with van der Waals surface area (Å²) in [5.41, 5.74) is 3.21. The monoisotopic (exact) mass is 477 g/mol. The molecule has 2 unspecified atom stereocenters. The summed E-state index contributed by atoms with van der Waals surface area (Å²) < 4.78 is 12.5. The highest BCUT2D eigenvalue weighted by molar-refractivity contribution is 6.03. The van der Waals surface area contributed by atoms with E-state index in [2.05, 4.69) is 22.2 Å². The van der Waals surface area contributed by atoms with Crippen LogP contribution in [0.3, 0.4) is 0 Å². The fourth-order valence-corrected chi connectivity index (χ4v) is 5.71. The predicted octanol–water partition coefficient (Wildman–Crippen LogP) is 3.42. The van der Waals surface area contributed by atoms with E-state index < -0.39 is 0 Å². The summed E-state index contributed by atoms with van der Waals surface area (Å²) in [6.07, 6.45) is 7.43. The molecule has 1 N–H and O–H groups in total. The van der Waals surface area contributed by atoms with Crippen LogP contribution < -0.4 is 10.1 Å². The molecule has 2 atom stereocenters. The molecule has 2 aliphatic heterocycles. The summed E-state index contributed by atoms with van der Waals surface area (Å²) in [5.74, 6) is 0.487. The van der Waals surface area contributed by atoms with E-state index in [1.54, 1.807) is 19.4 Å². The van der Waals surface area contributed by atoms with Crippen LogP contribution in [0.1, 0.15) is 54.2 Å². The molecule has 8 nitrogen and oxygen atoms in total. The Bertz CT molecular complexity index is 1160. The van der Waals surface area contributed by atoms with Crippen molar-refractivity contribution in [3.63, 3.8) is 0 Å². The van der Waals surface area contributed by atoms with Crippen LogP contribution in [-0.4, -0.2) is 71.1 Å². The number of piperidine rings is 1. The van der Waals surface area contributed by atoms with Crippen LogP contribution in [0.25, 0.3) is 11.0 Å². The second kappa shape index (κ2) is 10.3. The van der Waals surface area contributed by atoms with E-state index in [1.165, 1.54) is 25.7 Å². The van der Waals surface area contributed by atoms with Crippen LogP contribution in [-0.2, 0) is 17.7 Å². The Morgan fingerprint density at radius 3 is 2.57 bits per heavy atom. The van der Waals surface area contributed by atoms with Crippen molar-refractivity contribution in [3.8, 4) is 5.75 Å². The number of aromatic nitrogens is 3. The van der Waals surface area contributed by atoms with Gasteiger partial charge < -0.3 is 19.7 Å². The summed E-state index contributed by atoms with van der Waals surface area (Å²) in [6.45, 7) is 3.53. The van der Waals surface area contributed by atoms with Gasteiger partial charge in [-0.3, -0.25) is 0 Å². The van der Waals surface area contributed by atoms with Crippen molar-refractivity contribution in [1.29, 1.82) is 0 Å². The lowest BCUT2D eigenvalue weighted by Gasteiger charge is -2.36. The average Bonchev–Trinajstić information content (AvgIpc) is 3.30. The fraction of sp³-hybridized carbons (Fsp3) is 0.519. The van der Waals surface area contributed by atoms with Crippen LogP contribution in [0, 0.1) is 0 Å². The zero-order valence-corrected chi connectivity index (χ0v) is 20.9. The van der Waals surface area contributed by atoms with Crippen molar-refractivity contribution < 1.29 is 14.3 Å². The quantitative estimate of drug-likeness (QED) is 0.473. The standard InChI is InChI=1S/C27H35N5O3/c1-4-35-27(33)23-11-13-29-26-25(23)24(30-32(26)17-18-5-9-22(34-3)10-6-18)12-14-28-19-15-20-7-8-21(16-19)31(20)2/h5-6,9-11,13,19-21,28H,4,7-8,12,14-17H2,1-3H3. The molecule has 8 heteroatoms. The molecule has 4 heterocycles. The lowest BCUT2D eigenvalue weighted by atomic mass is 9.98. The molecule has 5 rings (SSSR count). The molecule has 0 aliphatic carbocycles. The molecule has 3 aromatic rings. The van der Waals surface area contributed by atoms with Crippen molar-refractivity contribution in [1.82, 2.24) is 25.0 Å². The highest BCUT2D eigenvalue weighted by Crippen LogP contribution is 2.34. The van der Waals surface area contributed by atoms with Gasteiger partial charge in [0.05, 0.1) is 36.9 Å². The van der Waals surface area contributed by atoms with Crippen LogP contribution in [0.4, 0.5) is 0 Å². The number of carbonyl (C=O) groups is 1. The molecule has 1 aromatic carbocycles. The SMILES string of the molecule is CCOC(=O)c1ccnc2c1c(CCNC1CC3CCC(C1)N3C)nn2Cc1ccc(OC)cc1. The molecule has 2 aliphatic rings. The van der Waals surface area contributed by atoms with E-state index in [1.807, 2.05) is 35.9 Å². The third-order valence-electron chi connectivity index (χ3n) is 7.59. The summed E-state index contributed by atoms with van der Waals surface area (Å²) in [4.78, 5) is 19.9. The smallest absolute Gasteiger partial charge is 0.338 e. The highest BCUT2D eigenvalue weighted by Gasteiger charge is 2.38. The number of methoxy groups -OCH3 is 1. The molecule has 0 amide bonds. The number of rotatable bonds is 9. The second-order valence-electron chi connectivity index (χ2n) is 9.65. The van der Waals surface area contributed by atoms with Gasteiger partial charge in [0.15, 0.2) is 5.65 Å². The van der Waals surface area contributed by atoms with Gasteiger partial charge in [0.1, 0.15) is 5.75 Å². The van der Waals surface area contributed by atoms with Crippen LogP contribution >= 0.6 is 0 Å². The minimum absolute atomic E-state index is 0.329. The van der Waals surface area contributed by atoms with Gasteiger partial charge in [0, 0.05) is 37.3 Å². The molecule has 0 saturated carbocycles. The Hall–Kier alpha value is -2.97. The van der Waals surface area contributed by atoms with Gasteiger partial charge in [-0.25, -0.2) is 14.5 Å². The predicted molar refractivity (Wildman–Crippen MR) is 135 cm³/mol. The Morgan fingerprint density at radius 2 is 1.89 bits per heavy atom. The van der Waals surface area contributed by atoms with E-state index in [4.69, 9.17) is 14.6 Å². The number of nitrogens with zero attached hydrogens (tertiary/aromatic N) is 4. The largest absolute Gasteiger partial charge is 0.497 e. The molecule has 0 radical (unpaired) electrons. The van der Waals surface area contributed by atoms with Gasteiger partial charge in [-0.2, -0.15) is 5.10 Å². The normalized spacial score (nSPS) is 22.0. The lowest BCUT2D eigenvalue weighted by molar-refractivity contribution is 0.0528. The zero-order chi connectivity index (χ0) is 24.4. The maximum atomic E-state index is 12.8. The third-order valence-corrected chi connectivity index (χ3v) is 7.59. The van der Waals surface area contributed by atoms with Crippen LogP contribution in [0.5, 0.6) is 5.75 Å². The van der Waals surface area contributed by atoms with Crippen molar-refractivity contribution in [2.45, 2.75) is 63.7 Å². The summed E-state index contributed by atoms with van der Waals surface area (Å²) in [5, 5.41) is 9.51. The van der Waals surface area contributed by atoms with Crippen molar-refractivity contribution in [2.24, 2.45) is 0 Å². The molecule has 2 aromatic heterocycles. The first-order valence-corrected chi connectivity index (χ1v) is 12.7. The van der Waals surface area contributed by atoms with E-state index in [-0.39, 0.29) is 5.97 Å². The number of hydrogen-bond acceptors (Lipinski definition) is 7. The number of hydrogen-bond donors (Lipinski definition) is 1. The van der Waals surface area contributed by atoms with Gasteiger partial charge in [0.2, 0.25) is 0 Å². The molecular weight excluding hydrogens is 442 g/mol. The lowest BCUT2D eigenvalue weighted by Crippen LogP contribution is -2.47. The Kier molecular flexibility index (Phi) is 7.02. The summed E-state index contributed by atoms with van der Waals surface area (Å²) in [7, 11) is 3.93. The Morgan fingerprint density at radius 1 is 1.14 bits per heavy atom. The number of nitrogens with one attached hydrogen (secondary N) is 1. The minimum atomic E-state index is -0.329. The molecule has 2 fully saturated rings. The Labute approximate surface area is 206 Å². The molecule has 186 valence electrons. The number of carbonyl (C=O) groups excluding carboxylic acids is 1. The number of ether oxygens (including phenoxy) is 2. The van der Waals surface area contributed by atoms with Crippen molar-refractivity contribution >= 4 is 17.0 Å². The summed E-state index contributed by atoms with van der Waals surface area (Å²) >= 11 is 0. The van der Waals surface area contributed by atoms with Gasteiger partial charge in [-0.1, -0.05) is 12.1 Å². The van der Waals surface area contributed by atoms with Gasteiger partial charge in [-0.05, 0) is 63.4 Å². The maximum Gasteiger partial charge on any atom is 0.338 e. The number of fused-ring (bicyclic) bond motifs is 3. The van der Waals surface area contributed by atoms with Crippen molar-refractivity contribution in [2.75, 3.05) is 27.3 Å². The topological polar surface area (TPSA) is 81.5 Å². The zero-order valence-electron chi connectivity index (χ0n) is 20.9. The first kappa shape index (κ1) is 23.8. The first-order chi connectivity index (χ1) is 17.1. The average molecular weight is 478 g/mol. The second-order valence-corrected chi connectivity index (χ2v) is 9.65. The number of benzene rings is 1. The molecule has 0 spiro atoms. The van der Waals surface area contributed by atoms with Gasteiger partial charge in [0.25, 0.3) is 0 Å². The van der Waals surface area contributed by atoms with E-state index in [0.717, 1.165) is 35.4 Å². The molecule has 35 heavy (non-hydrogen) atoms. The van der Waals surface area contributed by atoms with Crippen LogP contribution in [0.2, 0.25) is 0 Å². The first-order valence-electron chi connectivity index (χ1n) is 12.7. The Balaban J connectivity index is 1.38. The minimum Gasteiger partial charge on any atom is -0.497 e. The third kappa shape index (κ3) is 4.90. The van der Waals surface area contributed by atoms with Gasteiger partial charge >= 0.3 is 5.97 Å². The van der Waals surface area contributed by atoms with E-state index >= 15 is 0 Å². The molecule has 2 bridgehead atoms. The maximum absolute atomic E-state index is 12.8. The number of pyridine rings is 1. The highest BCUT2D eigenvalue weighted by atomic mass is 16.5. The van der Waals surface area contributed by atoms with Crippen molar-refractivity contribution in [3.05, 3.63) is 53.3 Å². The number of esters is 1. The fourth-order valence-electron chi connectivity index (χ4n) is 5.71. The van der Waals surface area contributed by atoms with Gasteiger partial charge in [-0.15, -0.1) is 0 Å². The molecule has 2 saturated heterocycles. The van der Waals surface area contributed by atoms with E-state index in [0.29, 0.717) is 42.5 Å². The summed E-state index contributed by atoms with van der Waals surface area (Å²) in [6, 6.07) is 11.6. The van der Waals surface area contributed by atoms with E-state index in [9.17, 15) is 4.79 Å². The van der Waals surface area contributed by atoms with Crippen LogP contribution in [0.15, 0.2) is 36.5 Å². The molecular formula is C27H35N5O3.